The molecule has 0 bridgehead atoms. The highest BCUT2D eigenvalue weighted by atomic mass is 16.4. The van der Waals surface area contributed by atoms with E-state index in [4.69, 9.17) is 5.73 Å². The molecule has 100 valence electrons. The molecule has 2 unspecified atom stereocenters. The number of carbonyl (C=O) groups is 1. The van der Waals surface area contributed by atoms with Crippen LogP contribution in [0.3, 0.4) is 0 Å². The first-order chi connectivity index (χ1) is 9.09. The van der Waals surface area contributed by atoms with Crippen LogP contribution in [0.1, 0.15) is 24.8 Å². The summed E-state index contributed by atoms with van der Waals surface area (Å²) in [5.41, 5.74) is 7.84. The van der Waals surface area contributed by atoms with Crippen LogP contribution >= 0.6 is 0 Å². The number of aliphatic carboxylic acids is 1. The minimum Gasteiger partial charge on any atom is -0.480 e. The van der Waals surface area contributed by atoms with E-state index in [9.17, 15) is 9.90 Å². The summed E-state index contributed by atoms with van der Waals surface area (Å²) in [6.07, 6.45) is 7.21. The van der Waals surface area contributed by atoms with Crippen LogP contribution in [-0.4, -0.2) is 17.1 Å². The highest BCUT2D eigenvalue weighted by Crippen LogP contribution is 2.32. The van der Waals surface area contributed by atoms with Gasteiger partial charge in [0.05, 0.1) is 0 Å². The van der Waals surface area contributed by atoms with Crippen molar-refractivity contribution in [2.24, 2.45) is 11.7 Å². The van der Waals surface area contributed by atoms with E-state index in [1.807, 2.05) is 36.4 Å². The van der Waals surface area contributed by atoms with Crippen molar-refractivity contribution in [1.29, 1.82) is 0 Å². The predicted molar refractivity (Wildman–Crippen MR) is 75.8 cm³/mol. The molecule has 2 rings (SSSR count). The second kappa shape index (κ2) is 5.85. The van der Waals surface area contributed by atoms with Crippen molar-refractivity contribution in [1.82, 2.24) is 0 Å². The van der Waals surface area contributed by atoms with Gasteiger partial charge in [-0.2, -0.15) is 0 Å². The van der Waals surface area contributed by atoms with Gasteiger partial charge in [0.15, 0.2) is 0 Å². The summed E-state index contributed by atoms with van der Waals surface area (Å²) in [4.78, 5) is 11.3. The number of benzene rings is 1. The lowest BCUT2D eigenvalue weighted by atomic mass is 9.81. The molecule has 1 aliphatic rings. The zero-order valence-electron chi connectivity index (χ0n) is 11.0. The maximum Gasteiger partial charge on any atom is 0.321 e. The number of nitrogens with two attached hydrogens (primary N) is 1. The van der Waals surface area contributed by atoms with Gasteiger partial charge in [-0.15, -0.1) is 0 Å². The zero-order chi connectivity index (χ0) is 13.8. The number of rotatable bonds is 4. The van der Waals surface area contributed by atoms with Gasteiger partial charge in [0.25, 0.3) is 0 Å². The van der Waals surface area contributed by atoms with E-state index in [1.54, 1.807) is 0 Å². The average molecular weight is 257 g/mol. The molecule has 1 aliphatic carbocycles. The minimum absolute atomic E-state index is 0.294. The molecule has 3 heteroatoms. The molecule has 0 aromatic heterocycles. The molecule has 0 saturated heterocycles. The fourth-order valence-corrected chi connectivity index (χ4v) is 2.49. The van der Waals surface area contributed by atoms with E-state index in [-0.39, 0.29) is 5.92 Å². The van der Waals surface area contributed by atoms with Crippen LogP contribution in [0.5, 0.6) is 0 Å². The topological polar surface area (TPSA) is 63.3 Å². The third-order valence-corrected chi connectivity index (χ3v) is 3.46. The second-order valence-corrected chi connectivity index (χ2v) is 5.03. The SMILES string of the molecule is CC1C=C(C(c2ccccc2)[C@@H](N)C(=O)O)C=CC1. The Morgan fingerprint density at radius 3 is 2.63 bits per heavy atom. The van der Waals surface area contributed by atoms with Crippen molar-refractivity contribution in [2.45, 2.75) is 25.3 Å². The Morgan fingerprint density at radius 2 is 2.05 bits per heavy atom. The molecule has 0 heterocycles. The van der Waals surface area contributed by atoms with Crippen LogP contribution in [0.25, 0.3) is 0 Å². The van der Waals surface area contributed by atoms with Crippen molar-refractivity contribution in [3.63, 3.8) is 0 Å². The van der Waals surface area contributed by atoms with Gasteiger partial charge in [-0.3, -0.25) is 4.79 Å². The monoisotopic (exact) mass is 257 g/mol. The van der Waals surface area contributed by atoms with Crippen molar-refractivity contribution in [3.8, 4) is 0 Å². The third-order valence-electron chi connectivity index (χ3n) is 3.46. The summed E-state index contributed by atoms with van der Waals surface area (Å²) in [7, 11) is 0. The standard InChI is InChI=1S/C16H19NO2/c1-11-6-5-9-13(10-11)14(15(17)16(18)19)12-7-3-2-4-8-12/h2-5,7-11,14-15H,6,17H2,1H3,(H,18,19)/t11?,14?,15-/m1/s1. The first-order valence-corrected chi connectivity index (χ1v) is 6.51. The van der Waals surface area contributed by atoms with Gasteiger partial charge in [-0.05, 0) is 23.5 Å². The van der Waals surface area contributed by atoms with Crippen LogP contribution < -0.4 is 5.73 Å². The smallest absolute Gasteiger partial charge is 0.321 e. The molecular weight excluding hydrogens is 238 g/mol. The first-order valence-electron chi connectivity index (χ1n) is 6.51. The molecule has 0 amide bonds. The maximum absolute atomic E-state index is 11.3. The Morgan fingerprint density at radius 1 is 1.37 bits per heavy atom. The summed E-state index contributed by atoms with van der Waals surface area (Å²) in [5.74, 6) is -0.841. The Bertz CT molecular complexity index is 505. The molecule has 0 saturated carbocycles. The Labute approximate surface area is 113 Å². The summed E-state index contributed by atoms with van der Waals surface area (Å²) in [6.45, 7) is 2.12. The largest absolute Gasteiger partial charge is 0.480 e. The highest BCUT2D eigenvalue weighted by Gasteiger charge is 2.28. The fourth-order valence-electron chi connectivity index (χ4n) is 2.49. The van der Waals surface area contributed by atoms with E-state index in [0.717, 1.165) is 17.6 Å². The molecule has 0 spiro atoms. The van der Waals surface area contributed by atoms with Crippen LogP contribution in [0.4, 0.5) is 0 Å². The molecule has 3 N–H and O–H groups in total. The maximum atomic E-state index is 11.3. The molecule has 1 aromatic carbocycles. The normalized spacial score (nSPS) is 21.6. The molecule has 3 atom stereocenters. The van der Waals surface area contributed by atoms with Gasteiger partial charge in [0.2, 0.25) is 0 Å². The van der Waals surface area contributed by atoms with E-state index in [2.05, 4.69) is 19.1 Å². The van der Waals surface area contributed by atoms with Gasteiger partial charge in [-0.1, -0.05) is 55.5 Å². The van der Waals surface area contributed by atoms with E-state index >= 15 is 0 Å². The van der Waals surface area contributed by atoms with Gasteiger partial charge >= 0.3 is 5.97 Å². The molecule has 0 fully saturated rings. The van der Waals surface area contributed by atoms with E-state index in [0.29, 0.717) is 5.92 Å². The molecule has 0 radical (unpaired) electrons. The van der Waals surface area contributed by atoms with E-state index in [1.165, 1.54) is 0 Å². The number of allylic oxidation sites excluding steroid dienone is 3. The second-order valence-electron chi connectivity index (χ2n) is 5.03. The Kier molecular flexibility index (Phi) is 4.17. The lowest BCUT2D eigenvalue weighted by Crippen LogP contribution is -2.37. The van der Waals surface area contributed by atoms with Crippen LogP contribution in [0, 0.1) is 5.92 Å². The molecule has 19 heavy (non-hydrogen) atoms. The third kappa shape index (κ3) is 3.12. The molecule has 1 aromatic rings. The van der Waals surface area contributed by atoms with Crippen molar-refractivity contribution < 1.29 is 9.90 Å². The van der Waals surface area contributed by atoms with Crippen molar-refractivity contribution in [2.75, 3.05) is 0 Å². The Hall–Kier alpha value is -1.87. The van der Waals surface area contributed by atoms with Gasteiger partial charge in [-0.25, -0.2) is 0 Å². The summed E-state index contributed by atoms with van der Waals surface area (Å²) >= 11 is 0. The zero-order valence-corrected chi connectivity index (χ0v) is 11.0. The number of hydrogen-bond acceptors (Lipinski definition) is 2. The van der Waals surface area contributed by atoms with Crippen LogP contribution in [0.2, 0.25) is 0 Å². The summed E-state index contributed by atoms with van der Waals surface area (Å²) in [5, 5.41) is 9.23. The lowest BCUT2D eigenvalue weighted by molar-refractivity contribution is -0.138. The molecule has 0 aliphatic heterocycles. The van der Waals surface area contributed by atoms with E-state index < -0.39 is 12.0 Å². The van der Waals surface area contributed by atoms with Gasteiger partial charge in [0.1, 0.15) is 6.04 Å². The molecular formula is C16H19NO2. The van der Waals surface area contributed by atoms with Crippen LogP contribution in [-0.2, 0) is 4.79 Å². The predicted octanol–water partition coefficient (Wildman–Crippen LogP) is 2.70. The minimum atomic E-state index is -0.971. The number of hydrogen-bond donors (Lipinski definition) is 2. The van der Waals surface area contributed by atoms with Crippen molar-refractivity contribution in [3.05, 3.63) is 59.7 Å². The fraction of sp³-hybridized carbons (Fsp3) is 0.312. The lowest BCUT2D eigenvalue weighted by Gasteiger charge is -2.25. The molecule has 3 nitrogen and oxygen atoms in total. The van der Waals surface area contributed by atoms with Gasteiger partial charge in [0, 0.05) is 5.92 Å². The van der Waals surface area contributed by atoms with Crippen LogP contribution in [0.15, 0.2) is 54.1 Å². The highest BCUT2D eigenvalue weighted by molar-refractivity contribution is 5.76. The first kappa shape index (κ1) is 13.6. The summed E-state index contributed by atoms with van der Waals surface area (Å²) in [6, 6.07) is 8.67. The van der Waals surface area contributed by atoms with Gasteiger partial charge < -0.3 is 10.8 Å². The Balaban J connectivity index is 2.40. The quantitative estimate of drug-likeness (QED) is 0.871. The average Bonchev–Trinajstić information content (AvgIpc) is 2.40. The summed E-state index contributed by atoms with van der Waals surface area (Å²) < 4.78 is 0. The number of carboxylic acid groups (broad SMARTS) is 1. The number of carboxylic acids is 1. The van der Waals surface area contributed by atoms with Crippen molar-refractivity contribution >= 4 is 5.97 Å².